The summed E-state index contributed by atoms with van der Waals surface area (Å²) in [6.07, 6.45) is 0. The molecule has 0 saturated carbocycles. The Bertz CT molecular complexity index is 1020. The van der Waals surface area contributed by atoms with Gasteiger partial charge in [-0.25, -0.2) is 9.50 Å². The lowest BCUT2D eigenvalue weighted by Gasteiger charge is -2.20. The minimum atomic E-state index is -0.0121. The Kier molecular flexibility index (Phi) is 2.59. The van der Waals surface area contributed by atoms with Crippen LogP contribution in [0.15, 0.2) is 42.5 Å². The Labute approximate surface area is 129 Å². The lowest BCUT2D eigenvalue weighted by molar-refractivity contribution is 0.576. The summed E-state index contributed by atoms with van der Waals surface area (Å²) in [6.45, 7) is 8.74. The van der Waals surface area contributed by atoms with Crippen LogP contribution in [0.25, 0.3) is 27.5 Å². The predicted molar refractivity (Wildman–Crippen MR) is 91.4 cm³/mol. The van der Waals surface area contributed by atoms with Gasteiger partial charge in [-0.2, -0.15) is 5.10 Å². The van der Waals surface area contributed by atoms with Crippen LogP contribution in [0, 0.1) is 6.92 Å². The number of rotatable bonds is 0. The van der Waals surface area contributed by atoms with E-state index in [0.717, 1.165) is 27.8 Å². The van der Waals surface area contributed by atoms with Crippen LogP contribution in [-0.2, 0) is 5.41 Å². The van der Waals surface area contributed by atoms with Gasteiger partial charge < -0.3 is 0 Å². The van der Waals surface area contributed by atoms with Gasteiger partial charge in [0.1, 0.15) is 0 Å². The first-order valence-electron chi connectivity index (χ1n) is 7.63. The van der Waals surface area contributed by atoms with E-state index in [1.54, 1.807) is 0 Å². The third-order valence-corrected chi connectivity index (χ3v) is 4.12. The van der Waals surface area contributed by atoms with E-state index in [2.05, 4.69) is 70.2 Å². The van der Waals surface area contributed by atoms with Gasteiger partial charge in [0, 0.05) is 16.2 Å². The van der Waals surface area contributed by atoms with Crippen molar-refractivity contribution in [3.05, 3.63) is 53.7 Å². The van der Waals surface area contributed by atoms with E-state index in [4.69, 9.17) is 10.1 Å². The van der Waals surface area contributed by atoms with Crippen molar-refractivity contribution in [2.45, 2.75) is 33.1 Å². The van der Waals surface area contributed by atoms with Gasteiger partial charge in [-0.1, -0.05) is 50.6 Å². The van der Waals surface area contributed by atoms with Gasteiger partial charge in [-0.15, -0.1) is 0 Å². The van der Waals surface area contributed by atoms with Crippen LogP contribution in [0.2, 0.25) is 0 Å². The highest BCUT2D eigenvalue weighted by atomic mass is 15.3. The molecule has 2 heterocycles. The van der Waals surface area contributed by atoms with E-state index < -0.39 is 0 Å². The summed E-state index contributed by atoms with van der Waals surface area (Å²) in [7, 11) is 0. The molecule has 0 bridgehead atoms. The third kappa shape index (κ3) is 1.82. The monoisotopic (exact) mass is 289 g/mol. The molecule has 110 valence electrons. The van der Waals surface area contributed by atoms with E-state index in [1.165, 1.54) is 10.9 Å². The lowest BCUT2D eigenvalue weighted by atomic mass is 9.89. The molecule has 2 aromatic heterocycles. The number of hydrogen-bond donors (Lipinski definition) is 0. The Hall–Kier alpha value is -2.42. The topological polar surface area (TPSA) is 30.2 Å². The minimum absolute atomic E-state index is 0.0121. The highest BCUT2D eigenvalue weighted by Crippen LogP contribution is 2.31. The zero-order valence-corrected chi connectivity index (χ0v) is 13.4. The van der Waals surface area contributed by atoms with Gasteiger partial charge in [0.05, 0.1) is 16.7 Å². The molecule has 3 heteroatoms. The maximum absolute atomic E-state index is 5.00. The van der Waals surface area contributed by atoms with Crippen molar-refractivity contribution in [2.75, 3.05) is 0 Å². The summed E-state index contributed by atoms with van der Waals surface area (Å²) >= 11 is 0. The van der Waals surface area contributed by atoms with Gasteiger partial charge in [0.2, 0.25) is 0 Å². The zero-order chi connectivity index (χ0) is 15.5. The summed E-state index contributed by atoms with van der Waals surface area (Å²) in [4.78, 5) is 5.00. The number of benzene rings is 2. The fraction of sp³-hybridized carbons (Fsp3) is 0.263. The number of fused-ring (bicyclic) bond motifs is 5. The summed E-state index contributed by atoms with van der Waals surface area (Å²) in [5.41, 5.74) is 5.40. The Balaban J connectivity index is 2.28. The molecule has 0 amide bonds. The van der Waals surface area contributed by atoms with Crippen LogP contribution >= 0.6 is 0 Å². The molecular formula is C19H19N3. The molecule has 2 aromatic carbocycles. The standard InChI is InChI=1S/C19H19N3/c1-12-9-10-15-14(11-12)18-20-17(19(2,3)4)13-7-5-6-8-16(13)22(18)21-15/h5-11H,1-4H3. The van der Waals surface area contributed by atoms with Crippen LogP contribution in [-0.4, -0.2) is 14.6 Å². The molecule has 0 aliphatic heterocycles. The lowest BCUT2D eigenvalue weighted by Crippen LogP contribution is -2.15. The van der Waals surface area contributed by atoms with E-state index in [-0.39, 0.29) is 5.41 Å². The predicted octanol–water partition coefficient (Wildman–Crippen LogP) is 4.64. The Morgan fingerprint density at radius 3 is 2.50 bits per heavy atom. The number of aryl methyl sites for hydroxylation is 1. The largest absolute Gasteiger partial charge is 0.232 e. The first-order chi connectivity index (χ1) is 10.4. The molecule has 0 N–H and O–H groups in total. The molecule has 0 spiro atoms. The number of hydrogen-bond acceptors (Lipinski definition) is 2. The average Bonchev–Trinajstić information content (AvgIpc) is 2.83. The van der Waals surface area contributed by atoms with E-state index in [1.807, 2.05) is 4.52 Å². The molecule has 4 aromatic rings. The van der Waals surface area contributed by atoms with Crippen molar-refractivity contribution in [1.82, 2.24) is 14.6 Å². The SMILES string of the molecule is Cc1ccc2nn3c4ccccc4c(C(C)(C)C)nc3c2c1. The highest BCUT2D eigenvalue weighted by molar-refractivity contribution is 5.96. The quantitative estimate of drug-likeness (QED) is 0.472. The van der Waals surface area contributed by atoms with Crippen molar-refractivity contribution >= 4 is 27.5 Å². The molecule has 0 fully saturated rings. The molecule has 0 aliphatic rings. The maximum atomic E-state index is 5.00. The molecule has 0 atom stereocenters. The van der Waals surface area contributed by atoms with Gasteiger partial charge in [-0.3, -0.25) is 0 Å². The van der Waals surface area contributed by atoms with Crippen molar-refractivity contribution in [3.8, 4) is 0 Å². The number of nitrogens with zero attached hydrogens (tertiary/aromatic N) is 3. The second-order valence-electron chi connectivity index (χ2n) is 6.98. The summed E-state index contributed by atoms with van der Waals surface area (Å²) < 4.78 is 1.98. The normalized spacial score (nSPS) is 12.5. The first kappa shape index (κ1) is 13.3. The molecule has 0 unspecified atom stereocenters. The number of para-hydroxylation sites is 1. The van der Waals surface area contributed by atoms with E-state index >= 15 is 0 Å². The summed E-state index contributed by atoms with van der Waals surface area (Å²) in [5.74, 6) is 0. The van der Waals surface area contributed by atoms with Gasteiger partial charge >= 0.3 is 0 Å². The smallest absolute Gasteiger partial charge is 0.163 e. The first-order valence-corrected chi connectivity index (χ1v) is 7.63. The fourth-order valence-electron chi connectivity index (χ4n) is 3.06. The molecule has 0 aliphatic carbocycles. The average molecular weight is 289 g/mol. The fourth-order valence-corrected chi connectivity index (χ4v) is 3.06. The van der Waals surface area contributed by atoms with Gasteiger partial charge in [0.25, 0.3) is 0 Å². The van der Waals surface area contributed by atoms with Crippen molar-refractivity contribution in [1.29, 1.82) is 0 Å². The molecule has 0 radical (unpaired) electrons. The van der Waals surface area contributed by atoms with Crippen LogP contribution in [0.3, 0.4) is 0 Å². The molecule has 3 nitrogen and oxygen atoms in total. The van der Waals surface area contributed by atoms with Crippen molar-refractivity contribution in [3.63, 3.8) is 0 Å². The van der Waals surface area contributed by atoms with Crippen molar-refractivity contribution in [2.24, 2.45) is 0 Å². The molecule has 0 saturated heterocycles. The summed E-state index contributed by atoms with van der Waals surface area (Å²) in [6, 6.07) is 14.7. The zero-order valence-electron chi connectivity index (χ0n) is 13.4. The molecule has 22 heavy (non-hydrogen) atoms. The Morgan fingerprint density at radius 2 is 1.73 bits per heavy atom. The molecular weight excluding hydrogens is 270 g/mol. The van der Waals surface area contributed by atoms with Crippen LogP contribution in [0.1, 0.15) is 32.0 Å². The van der Waals surface area contributed by atoms with E-state index in [0.29, 0.717) is 0 Å². The van der Waals surface area contributed by atoms with Crippen LogP contribution < -0.4 is 0 Å². The third-order valence-electron chi connectivity index (χ3n) is 4.12. The van der Waals surface area contributed by atoms with Gasteiger partial charge in [-0.05, 0) is 25.1 Å². The van der Waals surface area contributed by atoms with Crippen LogP contribution in [0.4, 0.5) is 0 Å². The minimum Gasteiger partial charge on any atom is -0.232 e. The maximum Gasteiger partial charge on any atom is 0.163 e. The van der Waals surface area contributed by atoms with E-state index in [9.17, 15) is 0 Å². The second-order valence-corrected chi connectivity index (χ2v) is 6.98. The number of aromatic nitrogens is 3. The second kappa shape index (κ2) is 4.29. The molecule has 4 rings (SSSR count). The summed E-state index contributed by atoms with van der Waals surface area (Å²) in [5, 5.41) is 7.06. The van der Waals surface area contributed by atoms with Gasteiger partial charge in [0.15, 0.2) is 5.65 Å². The Morgan fingerprint density at radius 1 is 0.955 bits per heavy atom. The van der Waals surface area contributed by atoms with Crippen molar-refractivity contribution < 1.29 is 0 Å². The van der Waals surface area contributed by atoms with Crippen LogP contribution in [0.5, 0.6) is 0 Å². The highest BCUT2D eigenvalue weighted by Gasteiger charge is 2.21.